The molecule has 10 aromatic rings. The number of aromatic nitrogens is 4. The van der Waals surface area contributed by atoms with E-state index in [4.69, 9.17) is 28.3 Å². The van der Waals surface area contributed by atoms with Crippen molar-refractivity contribution in [2.45, 2.75) is 0 Å². The molecule has 6 aromatic carbocycles. The Balaban J connectivity index is 1.11. The van der Waals surface area contributed by atoms with E-state index >= 15 is 0 Å². The van der Waals surface area contributed by atoms with E-state index in [1.54, 1.807) is 24.8 Å². The van der Waals surface area contributed by atoms with Crippen LogP contribution in [-0.2, 0) is 0 Å². The Morgan fingerprint density at radius 1 is 0.379 bits per heavy atom. The predicted molar refractivity (Wildman–Crippen MR) is 223 cm³/mol. The summed E-state index contributed by atoms with van der Waals surface area (Å²) in [5, 5.41) is 0. The first-order chi connectivity index (χ1) is 28.7. The third-order valence-electron chi connectivity index (χ3n) is 10.5. The van der Waals surface area contributed by atoms with E-state index in [9.17, 15) is 0 Å². The van der Waals surface area contributed by atoms with Crippen LogP contribution >= 0.6 is 0 Å². The SMILES string of the molecule is c1ccc2c(c1)Oc1ccccc1N2c1ccc(-c2ccc(N3c4ccccc4Oc4ccccc43)cc2-c2nc3cnccc3o2)c(-c2nc3cnccc3o2)c1. The van der Waals surface area contributed by atoms with E-state index in [1.807, 2.05) is 84.9 Å². The van der Waals surface area contributed by atoms with Crippen molar-refractivity contribution in [1.29, 1.82) is 0 Å². The standard InChI is InChI=1S/C48H28N6O4/c1-5-13-43-37(9-1)53(38-10-2-6-14-44(38)55-43)29-17-19-31(33(25-29)47-51-35-27-49-23-21-41(35)57-47)32-20-18-30(26-34(32)48-52-36-28-50-24-22-42(36)58-48)54-39-11-3-7-15-45(39)56-46-16-8-4-12-40(46)54/h1-28H. The molecule has 58 heavy (non-hydrogen) atoms. The van der Waals surface area contributed by atoms with Gasteiger partial charge in [0.05, 0.1) is 35.1 Å². The van der Waals surface area contributed by atoms with Crippen LogP contribution in [0.1, 0.15) is 0 Å². The fourth-order valence-electron chi connectivity index (χ4n) is 7.92. The molecular formula is C48H28N6O4. The van der Waals surface area contributed by atoms with Crippen LogP contribution in [0.2, 0.25) is 0 Å². The number of anilines is 6. The summed E-state index contributed by atoms with van der Waals surface area (Å²) < 4.78 is 25.8. The molecule has 0 radical (unpaired) electrons. The maximum Gasteiger partial charge on any atom is 0.228 e. The van der Waals surface area contributed by atoms with Crippen molar-refractivity contribution in [3.8, 4) is 57.0 Å². The Morgan fingerprint density at radius 2 is 0.759 bits per heavy atom. The van der Waals surface area contributed by atoms with Gasteiger partial charge >= 0.3 is 0 Å². The van der Waals surface area contributed by atoms with Gasteiger partial charge in [-0.3, -0.25) is 9.97 Å². The van der Waals surface area contributed by atoms with Crippen LogP contribution in [0.5, 0.6) is 23.0 Å². The van der Waals surface area contributed by atoms with Crippen LogP contribution in [0.15, 0.2) is 179 Å². The van der Waals surface area contributed by atoms with Gasteiger partial charge in [-0.2, -0.15) is 0 Å². The predicted octanol–water partition coefficient (Wildman–Crippen LogP) is 12.9. The normalized spacial score (nSPS) is 12.7. The molecule has 4 aromatic heterocycles. The van der Waals surface area contributed by atoms with Gasteiger partial charge in [0, 0.05) is 47.0 Å². The molecule has 10 nitrogen and oxygen atoms in total. The van der Waals surface area contributed by atoms with Crippen LogP contribution in [0.4, 0.5) is 34.1 Å². The highest BCUT2D eigenvalue weighted by atomic mass is 16.5. The van der Waals surface area contributed by atoms with E-state index < -0.39 is 0 Å². The molecule has 10 heteroatoms. The summed E-state index contributed by atoms with van der Waals surface area (Å²) in [5.41, 5.74) is 11.3. The average molecular weight is 753 g/mol. The minimum Gasteiger partial charge on any atom is -0.453 e. The first-order valence-electron chi connectivity index (χ1n) is 18.8. The smallest absolute Gasteiger partial charge is 0.228 e. The molecule has 0 amide bonds. The van der Waals surface area contributed by atoms with Crippen molar-refractivity contribution >= 4 is 56.3 Å². The molecule has 0 fully saturated rings. The zero-order chi connectivity index (χ0) is 38.2. The molecule has 0 spiro atoms. The Hall–Kier alpha value is -8.24. The summed E-state index contributed by atoms with van der Waals surface area (Å²) in [6, 6.07) is 48.5. The van der Waals surface area contributed by atoms with Crippen LogP contribution in [0.25, 0.3) is 56.2 Å². The maximum absolute atomic E-state index is 6.52. The van der Waals surface area contributed by atoms with E-state index in [0.717, 1.165) is 79.4 Å². The molecule has 0 bridgehead atoms. The van der Waals surface area contributed by atoms with Crippen molar-refractivity contribution in [3.63, 3.8) is 0 Å². The van der Waals surface area contributed by atoms with Crippen molar-refractivity contribution in [3.05, 3.63) is 170 Å². The van der Waals surface area contributed by atoms with Crippen LogP contribution in [0, 0.1) is 0 Å². The molecule has 0 unspecified atom stereocenters. The lowest BCUT2D eigenvalue weighted by molar-refractivity contribution is 0.476. The fraction of sp³-hybridized carbons (Fsp3) is 0. The number of hydrogen-bond donors (Lipinski definition) is 0. The second-order valence-corrected chi connectivity index (χ2v) is 13.9. The Kier molecular flexibility index (Phi) is 6.99. The zero-order valence-electron chi connectivity index (χ0n) is 30.5. The Bertz CT molecular complexity index is 2870. The third kappa shape index (κ3) is 5.05. The van der Waals surface area contributed by atoms with Gasteiger partial charge in [0.25, 0.3) is 0 Å². The number of benzene rings is 6. The quantitative estimate of drug-likeness (QED) is 0.169. The molecule has 12 rings (SSSR count). The summed E-state index contributed by atoms with van der Waals surface area (Å²) in [5.74, 6) is 3.93. The molecule has 274 valence electrons. The first-order valence-corrected chi connectivity index (χ1v) is 18.8. The second-order valence-electron chi connectivity index (χ2n) is 13.9. The third-order valence-corrected chi connectivity index (χ3v) is 10.5. The van der Waals surface area contributed by atoms with E-state index in [1.165, 1.54) is 0 Å². The van der Waals surface area contributed by atoms with Gasteiger partial charge in [0.1, 0.15) is 11.0 Å². The molecule has 0 saturated carbocycles. The lowest BCUT2D eigenvalue weighted by Gasteiger charge is -2.33. The molecule has 0 N–H and O–H groups in total. The van der Waals surface area contributed by atoms with Crippen molar-refractivity contribution in [2.24, 2.45) is 0 Å². The Morgan fingerprint density at radius 3 is 1.14 bits per heavy atom. The number of rotatable bonds is 5. The first kappa shape index (κ1) is 32.0. The highest BCUT2D eigenvalue weighted by Gasteiger charge is 2.30. The topological polar surface area (TPSA) is 103 Å². The van der Waals surface area contributed by atoms with E-state index in [0.29, 0.717) is 34.0 Å². The highest BCUT2D eigenvalue weighted by Crippen LogP contribution is 2.54. The molecule has 0 aliphatic carbocycles. The number of hydrogen-bond acceptors (Lipinski definition) is 10. The number of ether oxygens (including phenoxy) is 2. The van der Waals surface area contributed by atoms with Crippen molar-refractivity contribution < 1.29 is 18.3 Å². The number of para-hydroxylation sites is 8. The highest BCUT2D eigenvalue weighted by molar-refractivity contribution is 5.97. The largest absolute Gasteiger partial charge is 0.453 e. The maximum atomic E-state index is 6.52. The van der Waals surface area contributed by atoms with Crippen LogP contribution in [0.3, 0.4) is 0 Å². The Labute approximate surface area is 330 Å². The van der Waals surface area contributed by atoms with Gasteiger partial charge in [-0.05, 0) is 83.9 Å². The summed E-state index contributed by atoms with van der Waals surface area (Å²) in [6.07, 6.45) is 6.84. The minimum atomic E-state index is 0.447. The molecule has 0 atom stereocenters. The zero-order valence-corrected chi connectivity index (χ0v) is 30.5. The number of oxazole rings is 2. The van der Waals surface area contributed by atoms with Crippen molar-refractivity contribution in [2.75, 3.05) is 9.80 Å². The molecule has 2 aliphatic rings. The summed E-state index contributed by atoms with van der Waals surface area (Å²) in [4.78, 5) is 23.0. The van der Waals surface area contributed by atoms with E-state index in [2.05, 4.69) is 80.4 Å². The van der Waals surface area contributed by atoms with Gasteiger partial charge < -0.3 is 28.1 Å². The van der Waals surface area contributed by atoms with Crippen LogP contribution < -0.4 is 19.3 Å². The lowest BCUT2D eigenvalue weighted by atomic mass is 9.93. The summed E-state index contributed by atoms with van der Waals surface area (Å²) >= 11 is 0. The minimum absolute atomic E-state index is 0.447. The molecule has 2 aliphatic heterocycles. The van der Waals surface area contributed by atoms with Gasteiger partial charge in [0.2, 0.25) is 11.8 Å². The molecule has 6 heterocycles. The van der Waals surface area contributed by atoms with E-state index in [-0.39, 0.29) is 0 Å². The van der Waals surface area contributed by atoms with Crippen molar-refractivity contribution in [1.82, 2.24) is 19.9 Å². The fourth-order valence-corrected chi connectivity index (χ4v) is 7.92. The van der Waals surface area contributed by atoms with Crippen LogP contribution in [-0.4, -0.2) is 19.9 Å². The summed E-state index contributed by atoms with van der Waals surface area (Å²) in [7, 11) is 0. The van der Waals surface area contributed by atoms with Gasteiger partial charge in [0.15, 0.2) is 34.2 Å². The molecular weight excluding hydrogens is 725 g/mol. The van der Waals surface area contributed by atoms with Gasteiger partial charge in [-0.15, -0.1) is 0 Å². The summed E-state index contributed by atoms with van der Waals surface area (Å²) in [6.45, 7) is 0. The second kappa shape index (κ2) is 12.7. The average Bonchev–Trinajstić information content (AvgIpc) is 3.92. The number of fused-ring (bicyclic) bond motifs is 6. The van der Waals surface area contributed by atoms with Gasteiger partial charge in [-0.1, -0.05) is 60.7 Å². The van der Waals surface area contributed by atoms with Gasteiger partial charge in [-0.25, -0.2) is 9.97 Å². The number of pyridine rings is 2. The number of nitrogens with zero attached hydrogens (tertiary/aromatic N) is 6. The monoisotopic (exact) mass is 752 g/mol. The molecule has 0 saturated heterocycles. The lowest BCUT2D eigenvalue weighted by Crippen LogP contribution is -2.16.